The molecule has 0 saturated carbocycles. The number of hydrogen-bond donors (Lipinski definition) is 2. The minimum absolute atomic E-state index is 0.146. The third-order valence-electron chi connectivity index (χ3n) is 5.75. The number of nitrogens with one attached hydrogen (secondary N) is 2. The third kappa shape index (κ3) is 6.09. The van der Waals surface area contributed by atoms with E-state index in [4.69, 9.17) is 11.6 Å². The lowest BCUT2D eigenvalue weighted by molar-refractivity contribution is 0.0932. The van der Waals surface area contributed by atoms with Crippen LogP contribution in [0.4, 0.5) is 0 Å². The molecule has 0 bridgehead atoms. The molecule has 3 nitrogen and oxygen atoms in total. The molecule has 0 aliphatic carbocycles. The van der Waals surface area contributed by atoms with Crippen LogP contribution in [0.3, 0.4) is 0 Å². The molecule has 0 aliphatic rings. The van der Waals surface area contributed by atoms with E-state index in [0.717, 1.165) is 21.0 Å². The highest BCUT2D eigenvalue weighted by Crippen LogP contribution is 2.38. The van der Waals surface area contributed by atoms with Crippen LogP contribution in [0.5, 0.6) is 0 Å². The number of carbonyl (C=O) groups is 1. The Morgan fingerprint density at radius 3 is 2.32 bits per heavy atom. The molecule has 2 N–H and O–H groups in total. The number of hydrogen-bond acceptors (Lipinski definition) is 3. The summed E-state index contributed by atoms with van der Waals surface area (Å²) in [6, 6.07) is 32.3. The van der Waals surface area contributed by atoms with Gasteiger partial charge in [0.25, 0.3) is 5.91 Å². The molecule has 4 rings (SSSR count). The Morgan fingerprint density at radius 1 is 0.882 bits per heavy atom. The maximum absolute atomic E-state index is 12.6. The first kappa shape index (κ1) is 24.1. The molecule has 5 heteroatoms. The molecule has 0 fully saturated rings. The van der Waals surface area contributed by atoms with Gasteiger partial charge in [-0.05, 0) is 65.6 Å². The monoisotopic (exact) mass is 486 g/mol. The van der Waals surface area contributed by atoms with Gasteiger partial charge < -0.3 is 0 Å². The summed E-state index contributed by atoms with van der Waals surface area (Å²) in [5, 5.41) is 0.744. The van der Waals surface area contributed by atoms with E-state index >= 15 is 0 Å². The number of rotatable bonds is 8. The largest absolute Gasteiger partial charge is 0.287 e. The van der Waals surface area contributed by atoms with E-state index in [1.165, 1.54) is 16.0 Å². The predicted octanol–water partition coefficient (Wildman–Crippen LogP) is 7.39. The molecular weight excluding hydrogens is 460 g/mol. The summed E-state index contributed by atoms with van der Waals surface area (Å²) in [5.41, 5.74) is 11.1. The Labute approximate surface area is 210 Å². The molecule has 0 radical (unpaired) electrons. The molecule has 0 aliphatic heterocycles. The van der Waals surface area contributed by atoms with Crippen LogP contribution in [0.15, 0.2) is 107 Å². The van der Waals surface area contributed by atoms with E-state index in [1.54, 1.807) is 11.8 Å². The van der Waals surface area contributed by atoms with Crippen molar-refractivity contribution in [1.82, 2.24) is 10.9 Å². The number of amides is 1. The molecular formula is C29H27ClN2OS. The minimum Gasteiger partial charge on any atom is -0.287 e. The molecule has 1 unspecified atom stereocenters. The summed E-state index contributed by atoms with van der Waals surface area (Å²) < 4.78 is 0. The van der Waals surface area contributed by atoms with Gasteiger partial charge in [0.15, 0.2) is 0 Å². The van der Waals surface area contributed by atoms with E-state index in [-0.39, 0.29) is 11.8 Å². The van der Waals surface area contributed by atoms with Crippen molar-refractivity contribution in [3.05, 3.63) is 130 Å². The summed E-state index contributed by atoms with van der Waals surface area (Å²) in [7, 11) is 0. The van der Waals surface area contributed by atoms with Crippen molar-refractivity contribution >= 4 is 29.3 Å². The fraction of sp³-hybridized carbons (Fsp3) is 0.138. The molecule has 1 atom stereocenters. The van der Waals surface area contributed by atoms with Crippen molar-refractivity contribution in [2.24, 2.45) is 0 Å². The van der Waals surface area contributed by atoms with Gasteiger partial charge in [-0.15, -0.1) is 0 Å². The zero-order valence-electron chi connectivity index (χ0n) is 19.2. The van der Waals surface area contributed by atoms with Crippen LogP contribution in [-0.4, -0.2) is 5.91 Å². The van der Waals surface area contributed by atoms with Gasteiger partial charge in [0, 0.05) is 32.8 Å². The normalized spacial score (nSPS) is 11.7. The van der Waals surface area contributed by atoms with Crippen LogP contribution in [0.1, 0.15) is 45.5 Å². The lowest BCUT2D eigenvalue weighted by atomic mass is 9.93. The quantitative estimate of drug-likeness (QED) is 0.255. The van der Waals surface area contributed by atoms with E-state index in [1.807, 2.05) is 67.6 Å². The maximum atomic E-state index is 12.6. The topological polar surface area (TPSA) is 41.1 Å². The van der Waals surface area contributed by atoms with Crippen LogP contribution in [-0.2, 0) is 6.54 Å². The van der Waals surface area contributed by atoms with Crippen LogP contribution >= 0.6 is 23.4 Å². The first-order valence-electron chi connectivity index (χ1n) is 11.2. The van der Waals surface area contributed by atoms with Gasteiger partial charge in [-0.2, -0.15) is 0 Å². The summed E-state index contributed by atoms with van der Waals surface area (Å²) in [6.07, 6.45) is 0. The molecule has 4 aromatic rings. The Kier molecular flexibility index (Phi) is 8.07. The molecule has 0 saturated heterocycles. The number of hydrazine groups is 1. The second-order valence-electron chi connectivity index (χ2n) is 8.19. The second kappa shape index (κ2) is 11.4. The minimum atomic E-state index is -0.146. The number of aryl methyl sites for hydroxylation is 1. The van der Waals surface area contributed by atoms with Gasteiger partial charge in [-0.25, -0.2) is 5.43 Å². The van der Waals surface area contributed by atoms with E-state index < -0.39 is 0 Å². The van der Waals surface area contributed by atoms with Crippen molar-refractivity contribution in [1.29, 1.82) is 0 Å². The highest BCUT2D eigenvalue weighted by atomic mass is 35.5. The fourth-order valence-electron chi connectivity index (χ4n) is 3.78. The smallest absolute Gasteiger partial charge is 0.265 e. The Hall–Kier alpha value is -3.05. The molecule has 1 amide bonds. The van der Waals surface area contributed by atoms with E-state index in [9.17, 15) is 4.79 Å². The SMILES string of the molecule is Cc1cc(C(=O)NNCc2ccccc2)ccc1Sc1ccccc1C(C)c1ccc(Cl)cc1. The summed E-state index contributed by atoms with van der Waals surface area (Å²) >= 11 is 7.80. The van der Waals surface area contributed by atoms with Gasteiger partial charge in [0.1, 0.15) is 0 Å². The number of carbonyl (C=O) groups excluding carboxylic acids is 1. The van der Waals surface area contributed by atoms with Crippen LogP contribution in [0.25, 0.3) is 0 Å². The van der Waals surface area contributed by atoms with E-state index in [0.29, 0.717) is 12.1 Å². The summed E-state index contributed by atoms with van der Waals surface area (Å²) in [5.74, 6) is 0.0920. The van der Waals surface area contributed by atoms with Crippen LogP contribution in [0, 0.1) is 6.92 Å². The molecule has 172 valence electrons. The first-order chi connectivity index (χ1) is 16.5. The highest BCUT2D eigenvalue weighted by molar-refractivity contribution is 7.99. The zero-order valence-corrected chi connectivity index (χ0v) is 20.8. The molecule has 0 spiro atoms. The fourth-order valence-corrected chi connectivity index (χ4v) is 5.01. The molecule has 4 aromatic carbocycles. The Morgan fingerprint density at radius 2 is 1.59 bits per heavy atom. The highest BCUT2D eigenvalue weighted by Gasteiger charge is 2.15. The molecule has 34 heavy (non-hydrogen) atoms. The van der Waals surface area contributed by atoms with Gasteiger partial charge in [0.2, 0.25) is 0 Å². The van der Waals surface area contributed by atoms with Crippen LogP contribution < -0.4 is 10.9 Å². The average molecular weight is 487 g/mol. The number of halogens is 1. The van der Waals surface area contributed by atoms with Crippen molar-refractivity contribution in [3.8, 4) is 0 Å². The van der Waals surface area contributed by atoms with Gasteiger partial charge >= 0.3 is 0 Å². The van der Waals surface area contributed by atoms with Gasteiger partial charge in [0.05, 0.1) is 0 Å². The van der Waals surface area contributed by atoms with Crippen molar-refractivity contribution in [3.63, 3.8) is 0 Å². The van der Waals surface area contributed by atoms with Crippen LogP contribution in [0.2, 0.25) is 5.02 Å². The lowest BCUT2D eigenvalue weighted by Gasteiger charge is -2.18. The molecule has 0 aromatic heterocycles. The first-order valence-corrected chi connectivity index (χ1v) is 12.4. The maximum Gasteiger partial charge on any atom is 0.265 e. The van der Waals surface area contributed by atoms with Crippen molar-refractivity contribution < 1.29 is 4.79 Å². The second-order valence-corrected chi connectivity index (χ2v) is 9.71. The Balaban J connectivity index is 1.45. The number of benzene rings is 4. The van der Waals surface area contributed by atoms with Crippen molar-refractivity contribution in [2.75, 3.05) is 0 Å². The van der Waals surface area contributed by atoms with Gasteiger partial charge in [-0.1, -0.05) is 91.0 Å². The van der Waals surface area contributed by atoms with E-state index in [2.05, 4.69) is 54.2 Å². The third-order valence-corrected chi connectivity index (χ3v) is 7.27. The lowest BCUT2D eigenvalue weighted by Crippen LogP contribution is -2.36. The summed E-state index contributed by atoms with van der Waals surface area (Å²) in [4.78, 5) is 14.9. The Bertz CT molecular complexity index is 1260. The standard InChI is InChI=1S/C29H27ClN2OS/c1-20-18-24(29(33)32-31-19-22-8-4-3-5-9-22)14-17-27(20)34-28-11-7-6-10-26(28)21(2)23-12-15-25(30)16-13-23/h3-18,21,31H,19H2,1-2H3,(H,32,33). The average Bonchev–Trinajstić information content (AvgIpc) is 2.86. The predicted molar refractivity (Wildman–Crippen MR) is 141 cm³/mol. The zero-order chi connectivity index (χ0) is 23.9. The van der Waals surface area contributed by atoms with Crippen molar-refractivity contribution in [2.45, 2.75) is 36.1 Å². The van der Waals surface area contributed by atoms with Gasteiger partial charge in [-0.3, -0.25) is 10.2 Å². The molecule has 0 heterocycles. The summed E-state index contributed by atoms with van der Waals surface area (Å²) in [6.45, 7) is 4.83.